The number of hydrogen-bond donors (Lipinski definition) is 2. The summed E-state index contributed by atoms with van der Waals surface area (Å²) in [5, 5.41) is 17.6. The Labute approximate surface area is 144 Å². The Balaban J connectivity index is 2.71. The molecule has 22 heavy (non-hydrogen) atoms. The van der Waals surface area contributed by atoms with Crippen LogP contribution in [0.1, 0.15) is 27.6 Å². The first-order valence-electron chi connectivity index (χ1n) is 5.75. The summed E-state index contributed by atoms with van der Waals surface area (Å²) >= 11 is 23.5. The Morgan fingerprint density at radius 3 is 1.59 bits per heavy atom. The lowest BCUT2D eigenvalue weighted by Crippen LogP contribution is -2.50. The first-order chi connectivity index (χ1) is 10.1. The molecule has 118 valence electrons. The maximum absolute atomic E-state index is 12.4. The summed E-state index contributed by atoms with van der Waals surface area (Å²) in [4.78, 5) is 36.4. The largest absolute Gasteiger partial charge is 0.480 e. The van der Waals surface area contributed by atoms with Crippen LogP contribution in [0.15, 0.2) is 0 Å². The third-order valence-corrected chi connectivity index (χ3v) is 4.92. The highest BCUT2D eigenvalue weighted by Crippen LogP contribution is 2.45. The van der Waals surface area contributed by atoms with Gasteiger partial charge in [-0.15, -0.1) is 0 Å². The van der Waals surface area contributed by atoms with E-state index in [0.717, 1.165) is 6.92 Å². The lowest BCUT2D eigenvalue weighted by atomic mass is 10.1. The second-order valence-electron chi connectivity index (χ2n) is 4.51. The summed E-state index contributed by atoms with van der Waals surface area (Å²) < 4.78 is 0. The smallest absolute Gasteiger partial charge is 0.329 e. The van der Waals surface area contributed by atoms with E-state index in [9.17, 15) is 19.5 Å². The SMILES string of the molecule is C[C@H](O)[C@H](C(=O)O)N1C(=O)c2c(Cl)c(Cl)c(Cl)c(Cl)c2C1=O. The van der Waals surface area contributed by atoms with E-state index >= 15 is 0 Å². The first-order valence-corrected chi connectivity index (χ1v) is 7.27. The summed E-state index contributed by atoms with van der Waals surface area (Å²) in [5.74, 6) is -3.59. The molecule has 1 heterocycles. The van der Waals surface area contributed by atoms with Crippen LogP contribution in [-0.4, -0.2) is 45.0 Å². The van der Waals surface area contributed by atoms with Gasteiger partial charge in [0.15, 0.2) is 6.04 Å². The zero-order valence-electron chi connectivity index (χ0n) is 10.7. The molecule has 1 aromatic carbocycles. The third kappa shape index (κ3) is 2.35. The molecule has 2 rings (SSSR count). The van der Waals surface area contributed by atoms with Gasteiger partial charge in [-0.2, -0.15) is 0 Å². The second kappa shape index (κ2) is 5.86. The lowest BCUT2D eigenvalue weighted by Gasteiger charge is -2.24. The van der Waals surface area contributed by atoms with Crippen molar-refractivity contribution < 1.29 is 24.6 Å². The van der Waals surface area contributed by atoms with Gasteiger partial charge in [-0.3, -0.25) is 14.5 Å². The van der Waals surface area contributed by atoms with Crippen LogP contribution in [0.3, 0.4) is 0 Å². The van der Waals surface area contributed by atoms with Gasteiger partial charge >= 0.3 is 5.97 Å². The molecule has 10 heteroatoms. The average Bonchev–Trinajstić information content (AvgIpc) is 2.67. The summed E-state index contributed by atoms with van der Waals surface area (Å²) in [6.45, 7) is 1.13. The maximum atomic E-state index is 12.4. The Morgan fingerprint density at radius 1 is 0.955 bits per heavy atom. The molecule has 2 atom stereocenters. The van der Waals surface area contributed by atoms with Crippen LogP contribution in [0.4, 0.5) is 0 Å². The number of carbonyl (C=O) groups is 3. The van der Waals surface area contributed by atoms with Crippen molar-refractivity contribution in [2.24, 2.45) is 0 Å². The van der Waals surface area contributed by atoms with Gasteiger partial charge in [0.05, 0.1) is 37.3 Å². The van der Waals surface area contributed by atoms with Crippen LogP contribution in [0.5, 0.6) is 0 Å². The molecule has 1 aliphatic heterocycles. The number of fused-ring (bicyclic) bond motifs is 1. The van der Waals surface area contributed by atoms with Gasteiger partial charge < -0.3 is 10.2 Å². The molecule has 0 fully saturated rings. The summed E-state index contributed by atoms with van der Waals surface area (Å²) in [6.07, 6.45) is -1.51. The molecule has 0 aromatic heterocycles. The first kappa shape index (κ1) is 17.3. The lowest BCUT2D eigenvalue weighted by molar-refractivity contribution is -0.145. The zero-order valence-corrected chi connectivity index (χ0v) is 13.8. The molecule has 0 radical (unpaired) electrons. The summed E-state index contributed by atoms with van der Waals surface area (Å²) in [7, 11) is 0. The molecule has 2 amide bonds. The number of aliphatic hydroxyl groups is 1. The standard InChI is InChI=1S/C12H7Cl4NO5/c1-2(18)9(12(21)22)17-10(19)3-4(11(17)20)6(14)8(16)7(15)5(3)13/h2,9,18H,1H3,(H,21,22)/t2-,9+/m0/s1. The van der Waals surface area contributed by atoms with E-state index < -0.39 is 29.9 Å². The number of carbonyl (C=O) groups excluding carboxylic acids is 2. The molecular weight excluding hydrogens is 380 g/mol. The Morgan fingerprint density at radius 2 is 1.32 bits per heavy atom. The number of carboxylic acid groups (broad SMARTS) is 1. The number of imide groups is 1. The van der Waals surface area contributed by atoms with Crippen LogP contribution in [0, 0.1) is 0 Å². The average molecular weight is 387 g/mol. The van der Waals surface area contributed by atoms with Crippen LogP contribution < -0.4 is 0 Å². The number of aliphatic hydroxyl groups excluding tert-OH is 1. The van der Waals surface area contributed by atoms with Crippen LogP contribution >= 0.6 is 46.4 Å². The highest BCUT2D eigenvalue weighted by Gasteiger charge is 2.48. The fraction of sp³-hybridized carbons (Fsp3) is 0.250. The number of nitrogens with zero attached hydrogens (tertiary/aromatic N) is 1. The van der Waals surface area contributed by atoms with Crippen LogP contribution in [-0.2, 0) is 4.79 Å². The molecule has 0 aliphatic carbocycles. The zero-order chi connectivity index (χ0) is 16.9. The molecule has 6 nitrogen and oxygen atoms in total. The van der Waals surface area contributed by atoms with Crippen molar-refractivity contribution >= 4 is 64.2 Å². The van der Waals surface area contributed by atoms with Crippen molar-refractivity contribution in [3.8, 4) is 0 Å². The van der Waals surface area contributed by atoms with Crippen LogP contribution in [0.2, 0.25) is 20.1 Å². The third-order valence-electron chi connectivity index (χ3n) is 3.12. The number of rotatable bonds is 3. The van der Waals surface area contributed by atoms with E-state index in [1.165, 1.54) is 0 Å². The Bertz CT molecular complexity index is 671. The Kier molecular flexibility index (Phi) is 4.61. The second-order valence-corrected chi connectivity index (χ2v) is 6.02. The van der Waals surface area contributed by atoms with Gasteiger partial charge in [0.2, 0.25) is 0 Å². The number of aliphatic carboxylic acids is 1. The minimum atomic E-state index is -1.79. The van der Waals surface area contributed by atoms with Crippen molar-refractivity contribution in [3.63, 3.8) is 0 Å². The van der Waals surface area contributed by atoms with Crippen molar-refractivity contribution in [1.82, 2.24) is 4.90 Å². The highest BCUT2D eigenvalue weighted by molar-refractivity contribution is 6.55. The number of carboxylic acids is 1. The van der Waals surface area contributed by atoms with E-state index in [4.69, 9.17) is 51.5 Å². The molecule has 0 spiro atoms. The number of hydrogen-bond acceptors (Lipinski definition) is 4. The molecular formula is C12H7Cl4NO5. The van der Waals surface area contributed by atoms with Gasteiger partial charge in [0.25, 0.3) is 11.8 Å². The van der Waals surface area contributed by atoms with E-state index in [1.54, 1.807) is 0 Å². The highest BCUT2D eigenvalue weighted by atomic mass is 35.5. The van der Waals surface area contributed by atoms with Gasteiger partial charge in [-0.1, -0.05) is 46.4 Å². The topological polar surface area (TPSA) is 94.9 Å². The van der Waals surface area contributed by atoms with Crippen molar-refractivity contribution in [3.05, 3.63) is 31.2 Å². The van der Waals surface area contributed by atoms with E-state index in [1.807, 2.05) is 0 Å². The number of amides is 2. The van der Waals surface area contributed by atoms with Gasteiger partial charge in [0, 0.05) is 0 Å². The van der Waals surface area contributed by atoms with E-state index in [-0.39, 0.29) is 31.2 Å². The quantitative estimate of drug-likeness (QED) is 0.473. The molecule has 1 aliphatic rings. The molecule has 0 bridgehead atoms. The Hall–Kier alpha value is -1.05. The summed E-state index contributed by atoms with van der Waals surface area (Å²) in [6, 6.07) is -1.79. The number of halogens is 4. The van der Waals surface area contributed by atoms with Crippen molar-refractivity contribution in [2.75, 3.05) is 0 Å². The van der Waals surface area contributed by atoms with E-state index in [0.29, 0.717) is 4.90 Å². The van der Waals surface area contributed by atoms with Gasteiger partial charge in [0.1, 0.15) is 0 Å². The minimum Gasteiger partial charge on any atom is -0.480 e. The van der Waals surface area contributed by atoms with E-state index in [2.05, 4.69) is 0 Å². The summed E-state index contributed by atoms with van der Waals surface area (Å²) in [5.41, 5.74) is -0.670. The molecule has 2 N–H and O–H groups in total. The van der Waals surface area contributed by atoms with Crippen molar-refractivity contribution in [2.45, 2.75) is 19.1 Å². The monoisotopic (exact) mass is 385 g/mol. The fourth-order valence-electron chi connectivity index (χ4n) is 2.15. The minimum absolute atomic E-state index is 0.223. The number of benzene rings is 1. The fourth-order valence-corrected chi connectivity index (χ4v) is 3.17. The normalized spacial score (nSPS) is 16.7. The van der Waals surface area contributed by atoms with Gasteiger partial charge in [-0.05, 0) is 6.92 Å². The predicted octanol–water partition coefficient (Wildman–Crippen LogP) is 2.73. The molecule has 0 saturated carbocycles. The maximum Gasteiger partial charge on any atom is 0.329 e. The van der Waals surface area contributed by atoms with Crippen molar-refractivity contribution in [1.29, 1.82) is 0 Å². The molecule has 0 unspecified atom stereocenters. The molecule has 1 aromatic rings. The van der Waals surface area contributed by atoms with Gasteiger partial charge in [-0.25, -0.2) is 4.79 Å². The molecule has 0 saturated heterocycles. The predicted molar refractivity (Wildman–Crippen MR) is 80.1 cm³/mol. The van der Waals surface area contributed by atoms with Crippen LogP contribution in [0.25, 0.3) is 0 Å².